The van der Waals surface area contributed by atoms with E-state index in [0.717, 1.165) is 17.8 Å². The van der Waals surface area contributed by atoms with Crippen molar-refractivity contribution in [3.8, 4) is 0 Å². The van der Waals surface area contributed by atoms with Crippen molar-refractivity contribution in [3.05, 3.63) is 23.2 Å². The lowest BCUT2D eigenvalue weighted by atomic mass is 10.0. The van der Waals surface area contributed by atoms with Crippen LogP contribution in [0.3, 0.4) is 0 Å². The number of rotatable bonds is 6. The first kappa shape index (κ1) is 15.8. The van der Waals surface area contributed by atoms with E-state index in [1.54, 1.807) is 6.07 Å². The number of anilines is 2. The van der Waals surface area contributed by atoms with Crippen LogP contribution in [0.25, 0.3) is 0 Å². The third-order valence-electron chi connectivity index (χ3n) is 3.09. The van der Waals surface area contributed by atoms with E-state index in [1.165, 1.54) is 0 Å². The minimum absolute atomic E-state index is 0.0253. The molecule has 0 spiro atoms. The topological polar surface area (TPSA) is 58.4 Å². The highest BCUT2D eigenvalue weighted by atomic mass is 35.5. The van der Waals surface area contributed by atoms with Crippen molar-refractivity contribution in [2.45, 2.75) is 19.8 Å². The van der Waals surface area contributed by atoms with Crippen molar-refractivity contribution in [3.63, 3.8) is 0 Å². The Bertz CT molecular complexity index is 431. The number of nitrogens with zero attached hydrogens (tertiary/aromatic N) is 1. The molecule has 1 aromatic carbocycles. The van der Waals surface area contributed by atoms with Gasteiger partial charge in [-0.15, -0.1) is 0 Å². The third-order valence-corrected chi connectivity index (χ3v) is 3.40. The van der Waals surface area contributed by atoms with Gasteiger partial charge in [-0.25, -0.2) is 0 Å². The number of nitrogens with two attached hydrogens (primary N) is 1. The first-order valence-corrected chi connectivity index (χ1v) is 6.83. The lowest BCUT2D eigenvalue weighted by Gasteiger charge is -2.20. The van der Waals surface area contributed by atoms with Crippen LogP contribution in [0.15, 0.2) is 18.2 Å². The van der Waals surface area contributed by atoms with Gasteiger partial charge in [-0.2, -0.15) is 0 Å². The summed E-state index contributed by atoms with van der Waals surface area (Å²) >= 11 is 6.16. The summed E-state index contributed by atoms with van der Waals surface area (Å²) < 4.78 is 0. The number of para-hydroxylation sites is 1. The zero-order valence-corrected chi connectivity index (χ0v) is 12.5. The number of halogens is 1. The number of carbonyl (C=O) groups excluding carboxylic acids is 1. The van der Waals surface area contributed by atoms with Gasteiger partial charge in [0.25, 0.3) is 0 Å². The maximum atomic E-state index is 12.0. The predicted molar refractivity (Wildman–Crippen MR) is 81.9 cm³/mol. The molecule has 106 valence electrons. The standard InChI is InChI=1S/C14H22ClN3O/c1-4-10(9-16)8-13(19)17-12-7-5-6-11(15)14(12)18(2)3/h5-7,10H,4,8-9,16H2,1-3H3,(H,17,19). The van der Waals surface area contributed by atoms with Gasteiger partial charge in [0.05, 0.1) is 16.4 Å². The zero-order valence-electron chi connectivity index (χ0n) is 11.7. The highest BCUT2D eigenvalue weighted by Crippen LogP contribution is 2.32. The summed E-state index contributed by atoms with van der Waals surface area (Å²) in [5, 5.41) is 3.53. The Morgan fingerprint density at radius 3 is 2.68 bits per heavy atom. The molecule has 19 heavy (non-hydrogen) atoms. The minimum Gasteiger partial charge on any atom is -0.375 e. The van der Waals surface area contributed by atoms with Crippen LogP contribution < -0.4 is 16.0 Å². The Labute approximate surface area is 119 Å². The van der Waals surface area contributed by atoms with Gasteiger partial charge in [-0.05, 0) is 24.6 Å². The molecule has 1 amide bonds. The van der Waals surface area contributed by atoms with Crippen LogP contribution in [0.2, 0.25) is 5.02 Å². The Morgan fingerprint density at radius 2 is 2.16 bits per heavy atom. The fourth-order valence-corrected chi connectivity index (χ4v) is 2.27. The molecule has 0 aliphatic heterocycles. The second-order valence-electron chi connectivity index (χ2n) is 4.79. The smallest absolute Gasteiger partial charge is 0.224 e. The molecule has 0 aliphatic rings. The number of hydrogen-bond donors (Lipinski definition) is 2. The summed E-state index contributed by atoms with van der Waals surface area (Å²) in [6, 6.07) is 5.48. The molecule has 1 atom stereocenters. The van der Waals surface area contributed by atoms with Gasteiger partial charge in [0.2, 0.25) is 5.91 Å². The molecule has 3 N–H and O–H groups in total. The molecule has 0 saturated carbocycles. The first-order chi connectivity index (χ1) is 8.99. The second-order valence-corrected chi connectivity index (χ2v) is 5.20. The minimum atomic E-state index is -0.0253. The number of amides is 1. The molecule has 0 radical (unpaired) electrons. The molecule has 0 aliphatic carbocycles. The van der Waals surface area contributed by atoms with E-state index >= 15 is 0 Å². The number of carbonyl (C=O) groups is 1. The van der Waals surface area contributed by atoms with Crippen LogP contribution in [0.1, 0.15) is 19.8 Å². The molecule has 1 rings (SSSR count). The molecule has 0 fully saturated rings. The number of benzene rings is 1. The molecule has 5 heteroatoms. The van der Waals surface area contributed by atoms with Gasteiger partial charge in [0, 0.05) is 20.5 Å². The molecule has 0 heterocycles. The van der Waals surface area contributed by atoms with Crippen molar-refractivity contribution in [1.29, 1.82) is 0 Å². The average Bonchev–Trinajstić information content (AvgIpc) is 2.35. The van der Waals surface area contributed by atoms with Crippen LogP contribution in [-0.4, -0.2) is 26.5 Å². The molecule has 0 bridgehead atoms. The monoisotopic (exact) mass is 283 g/mol. The van der Waals surface area contributed by atoms with Gasteiger partial charge < -0.3 is 16.0 Å². The fraction of sp³-hybridized carbons (Fsp3) is 0.500. The zero-order chi connectivity index (χ0) is 14.4. The second kappa shape index (κ2) is 7.36. The van der Waals surface area contributed by atoms with Crippen LogP contribution >= 0.6 is 11.6 Å². The fourth-order valence-electron chi connectivity index (χ4n) is 1.93. The first-order valence-electron chi connectivity index (χ1n) is 6.45. The van der Waals surface area contributed by atoms with Crippen molar-refractivity contribution >= 4 is 28.9 Å². The lowest BCUT2D eigenvalue weighted by molar-refractivity contribution is -0.117. The molecular weight excluding hydrogens is 262 g/mol. The van der Waals surface area contributed by atoms with Gasteiger partial charge in [-0.3, -0.25) is 4.79 Å². The number of nitrogens with one attached hydrogen (secondary N) is 1. The van der Waals surface area contributed by atoms with Gasteiger partial charge >= 0.3 is 0 Å². The Hall–Kier alpha value is -1.26. The molecule has 1 unspecified atom stereocenters. The van der Waals surface area contributed by atoms with Crippen molar-refractivity contribution in [2.75, 3.05) is 30.9 Å². The van der Waals surface area contributed by atoms with E-state index < -0.39 is 0 Å². The quantitative estimate of drug-likeness (QED) is 0.844. The van der Waals surface area contributed by atoms with E-state index in [4.69, 9.17) is 17.3 Å². The van der Waals surface area contributed by atoms with Gasteiger partial charge in [0.1, 0.15) is 0 Å². The Kier molecular flexibility index (Phi) is 6.12. The SMILES string of the molecule is CCC(CN)CC(=O)Nc1cccc(Cl)c1N(C)C. The highest BCUT2D eigenvalue weighted by Gasteiger charge is 2.14. The van der Waals surface area contributed by atoms with Crippen LogP contribution in [-0.2, 0) is 4.79 Å². The predicted octanol–water partition coefficient (Wildman–Crippen LogP) is 2.72. The van der Waals surface area contributed by atoms with E-state index in [1.807, 2.05) is 38.1 Å². The lowest BCUT2D eigenvalue weighted by Crippen LogP contribution is -2.23. The normalized spacial score (nSPS) is 12.1. The van der Waals surface area contributed by atoms with Crippen LogP contribution in [0, 0.1) is 5.92 Å². The summed E-state index contributed by atoms with van der Waals surface area (Å²) in [6.07, 6.45) is 1.34. The van der Waals surface area contributed by atoms with Crippen molar-refractivity contribution < 1.29 is 4.79 Å². The summed E-state index contributed by atoms with van der Waals surface area (Å²) in [6.45, 7) is 2.56. The van der Waals surface area contributed by atoms with E-state index in [2.05, 4.69) is 5.32 Å². The largest absolute Gasteiger partial charge is 0.375 e. The van der Waals surface area contributed by atoms with E-state index in [9.17, 15) is 4.79 Å². The molecule has 0 aromatic heterocycles. The molecule has 1 aromatic rings. The average molecular weight is 284 g/mol. The molecular formula is C14H22ClN3O. The van der Waals surface area contributed by atoms with Crippen LogP contribution in [0.5, 0.6) is 0 Å². The summed E-state index contributed by atoms with van der Waals surface area (Å²) in [5.74, 6) is 0.199. The summed E-state index contributed by atoms with van der Waals surface area (Å²) in [5.41, 5.74) is 7.17. The Morgan fingerprint density at radius 1 is 1.47 bits per heavy atom. The molecule has 4 nitrogen and oxygen atoms in total. The third kappa shape index (κ3) is 4.40. The summed E-state index contributed by atoms with van der Waals surface area (Å²) in [4.78, 5) is 13.9. The number of hydrogen-bond acceptors (Lipinski definition) is 3. The maximum absolute atomic E-state index is 12.0. The van der Waals surface area contributed by atoms with E-state index in [0.29, 0.717) is 18.0 Å². The van der Waals surface area contributed by atoms with E-state index in [-0.39, 0.29) is 11.8 Å². The molecule has 0 saturated heterocycles. The summed E-state index contributed by atoms with van der Waals surface area (Å²) in [7, 11) is 3.79. The van der Waals surface area contributed by atoms with Gasteiger partial charge in [0.15, 0.2) is 0 Å². The van der Waals surface area contributed by atoms with Gasteiger partial charge in [-0.1, -0.05) is 31.0 Å². The Balaban J connectivity index is 2.82. The van der Waals surface area contributed by atoms with Crippen molar-refractivity contribution in [1.82, 2.24) is 0 Å². The van der Waals surface area contributed by atoms with Crippen LogP contribution in [0.4, 0.5) is 11.4 Å². The highest BCUT2D eigenvalue weighted by molar-refractivity contribution is 6.34. The maximum Gasteiger partial charge on any atom is 0.224 e. The van der Waals surface area contributed by atoms with Crippen molar-refractivity contribution in [2.24, 2.45) is 11.7 Å².